The number of nitrogens with two attached hydrogens (primary N) is 1. The van der Waals surface area contributed by atoms with Crippen LogP contribution in [0.2, 0.25) is 0 Å². The maximum atomic E-state index is 6.21. The van der Waals surface area contributed by atoms with Crippen molar-refractivity contribution in [2.45, 2.75) is 118 Å². The van der Waals surface area contributed by atoms with Crippen molar-refractivity contribution in [2.24, 2.45) is 52.1 Å². The lowest BCUT2D eigenvalue weighted by Crippen LogP contribution is -2.51. The average molecular weight is 444 g/mol. The summed E-state index contributed by atoms with van der Waals surface area (Å²) in [6, 6.07) is 0. The molecular formula is C30H53NO. The lowest BCUT2D eigenvalue weighted by molar-refractivity contribution is -0.0639. The number of rotatable bonds is 9. The molecule has 184 valence electrons. The summed E-state index contributed by atoms with van der Waals surface area (Å²) in [4.78, 5) is 0. The first-order chi connectivity index (χ1) is 15.3. The second-order valence-electron chi connectivity index (χ2n) is 13.2. The molecule has 0 amide bonds. The van der Waals surface area contributed by atoms with Gasteiger partial charge in [-0.3, -0.25) is 0 Å². The van der Waals surface area contributed by atoms with Gasteiger partial charge < -0.3 is 10.5 Å². The third-order valence-corrected chi connectivity index (χ3v) is 11.0. The van der Waals surface area contributed by atoms with Gasteiger partial charge in [0, 0.05) is 6.61 Å². The normalized spacial score (nSPS) is 42.2. The molecule has 0 bridgehead atoms. The van der Waals surface area contributed by atoms with Crippen LogP contribution >= 0.6 is 0 Å². The SMILES string of the molecule is CC(C)CCC[C@@H](C)[C@H]1CCC2C3CC=C4CC(OCCCN)CC[C@]4(C)C3CC[C@@]21C. The van der Waals surface area contributed by atoms with E-state index in [1.165, 1.54) is 70.6 Å². The first-order valence-corrected chi connectivity index (χ1v) is 14.3. The van der Waals surface area contributed by atoms with E-state index in [0.717, 1.165) is 55.1 Å². The molecule has 4 aliphatic carbocycles. The van der Waals surface area contributed by atoms with E-state index in [1.807, 2.05) is 0 Å². The number of hydrogen-bond acceptors (Lipinski definition) is 2. The van der Waals surface area contributed by atoms with Gasteiger partial charge in [0.05, 0.1) is 6.10 Å². The van der Waals surface area contributed by atoms with Crippen LogP contribution in [0.3, 0.4) is 0 Å². The Morgan fingerprint density at radius 3 is 2.56 bits per heavy atom. The highest BCUT2D eigenvalue weighted by molar-refractivity contribution is 5.25. The number of hydrogen-bond donors (Lipinski definition) is 1. The smallest absolute Gasteiger partial charge is 0.0612 e. The Balaban J connectivity index is 1.42. The van der Waals surface area contributed by atoms with E-state index < -0.39 is 0 Å². The molecule has 0 saturated heterocycles. The van der Waals surface area contributed by atoms with Crippen LogP contribution in [0, 0.1) is 46.3 Å². The van der Waals surface area contributed by atoms with Gasteiger partial charge in [-0.25, -0.2) is 0 Å². The van der Waals surface area contributed by atoms with Crippen LogP contribution in [-0.4, -0.2) is 19.3 Å². The molecular weight excluding hydrogens is 390 g/mol. The molecule has 3 fully saturated rings. The Kier molecular flexibility index (Phi) is 7.82. The first kappa shape index (κ1) is 24.8. The van der Waals surface area contributed by atoms with Crippen molar-refractivity contribution in [2.75, 3.05) is 13.2 Å². The zero-order valence-electron chi connectivity index (χ0n) is 22.0. The van der Waals surface area contributed by atoms with E-state index >= 15 is 0 Å². The van der Waals surface area contributed by atoms with Crippen molar-refractivity contribution < 1.29 is 4.74 Å². The molecule has 2 N–H and O–H groups in total. The molecule has 4 unspecified atom stereocenters. The second-order valence-corrected chi connectivity index (χ2v) is 13.2. The third-order valence-electron chi connectivity index (χ3n) is 11.0. The number of ether oxygens (including phenoxy) is 1. The molecule has 4 aliphatic rings. The van der Waals surface area contributed by atoms with Crippen molar-refractivity contribution in [3.63, 3.8) is 0 Å². The second kappa shape index (κ2) is 10.1. The van der Waals surface area contributed by atoms with Crippen LogP contribution in [0.1, 0.15) is 112 Å². The standard InChI is InChI=1S/C30H53NO/c1-21(2)8-6-9-22(3)26-12-13-27-25-11-10-23-20-24(32-19-7-18-31)14-16-29(23,4)28(25)15-17-30(26,27)5/h10,21-22,24-28H,6-9,11-20,31H2,1-5H3/t22-,24?,25?,26-,27?,28?,29+,30-/m1/s1. The summed E-state index contributed by atoms with van der Waals surface area (Å²) >= 11 is 0. The molecule has 2 nitrogen and oxygen atoms in total. The summed E-state index contributed by atoms with van der Waals surface area (Å²) in [5, 5.41) is 0. The summed E-state index contributed by atoms with van der Waals surface area (Å²) < 4.78 is 6.21. The molecule has 3 saturated carbocycles. The van der Waals surface area contributed by atoms with Crippen molar-refractivity contribution in [3.05, 3.63) is 11.6 Å². The van der Waals surface area contributed by atoms with Crippen LogP contribution < -0.4 is 5.73 Å². The Morgan fingerprint density at radius 1 is 1.00 bits per heavy atom. The van der Waals surface area contributed by atoms with E-state index in [9.17, 15) is 0 Å². The predicted molar refractivity (Wildman–Crippen MR) is 136 cm³/mol. The van der Waals surface area contributed by atoms with Gasteiger partial charge in [-0.15, -0.1) is 0 Å². The molecule has 0 aromatic rings. The first-order valence-electron chi connectivity index (χ1n) is 14.3. The number of fused-ring (bicyclic) bond motifs is 5. The van der Waals surface area contributed by atoms with Gasteiger partial charge in [-0.1, -0.05) is 65.5 Å². The summed E-state index contributed by atoms with van der Waals surface area (Å²) in [5.41, 5.74) is 8.47. The minimum Gasteiger partial charge on any atom is -0.378 e. The van der Waals surface area contributed by atoms with Gasteiger partial charge >= 0.3 is 0 Å². The quantitative estimate of drug-likeness (QED) is 0.292. The van der Waals surface area contributed by atoms with Crippen LogP contribution in [0.4, 0.5) is 0 Å². The summed E-state index contributed by atoms with van der Waals surface area (Å²) in [6.07, 6.45) is 19.5. The molecule has 2 heteroatoms. The zero-order valence-corrected chi connectivity index (χ0v) is 22.0. The molecule has 32 heavy (non-hydrogen) atoms. The fraction of sp³-hybridized carbons (Fsp3) is 0.933. The zero-order chi connectivity index (χ0) is 22.9. The highest BCUT2D eigenvalue weighted by Crippen LogP contribution is 2.67. The van der Waals surface area contributed by atoms with Crippen molar-refractivity contribution >= 4 is 0 Å². The molecule has 0 spiro atoms. The van der Waals surface area contributed by atoms with Crippen molar-refractivity contribution in [1.29, 1.82) is 0 Å². The van der Waals surface area contributed by atoms with Gasteiger partial charge in [0.1, 0.15) is 0 Å². The largest absolute Gasteiger partial charge is 0.378 e. The average Bonchev–Trinajstić information content (AvgIpc) is 3.11. The van der Waals surface area contributed by atoms with Crippen LogP contribution in [0.25, 0.3) is 0 Å². The lowest BCUT2D eigenvalue weighted by Gasteiger charge is -2.58. The molecule has 0 aromatic heterocycles. The van der Waals surface area contributed by atoms with Gasteiger partial charge in [0.15, 0.2) is 0 Å². The highest BCUT2D eigenvalue weighted by atomic mass is 16.5. The summed E-state index contributed by atoms with van der Waals surface area (Å²) in [6.45, 7) is 14.3. The van der Waals surface area contributed by atoms with Gasteiger partial charge in [0.2, 0.25) is 0 Å². The molecule has 4 rings (SSSR count). The fourth-order valence-electron chi connectivity index (χ4n) is 9.13. The maximum absolute atomic E-state index is 6.21. The van der Waals surface area contributed by atoms with E-state index in [4.69, 9.17) is 10.5 Å². The summed E-state index contributed by atoms with van der Waals surface area (Å²) in [5.74, 6) is 5.55. The maximum Gasteiger partial charge on any atom is 0.0612 e. The van der Waals surface area contributed by atoms with Crippen LogP contribution in [0.5, 0.6) is 0 Å². The van der Waals surface area contributed by atoms with E-state index in [-0.39, 0.29) is 0 Å². The predicted octanol–water partition coefficient (Wildman–Crippen LogP) is 7.76. The van der Waals surface area contributed by atoms with E-state index in [1.54, 1.807) is 5.57 Å². The Bertz CT molecular complexity index is 655. The Morgan fingerprint density at radius 2 is 1.81 bits per heavy atom. The number of allylic oxidation sites excluding steroid dienone is 1. The minimum absolute atomic E-state index is 0.439. The Labute approximate surface area is 199 Å². The third kappa shape index (κ3) is 4.61. The summed E-state index contributed by atoms with van der Waals surface area (Å²) in [7, 11) is 0. The van der Waals surface area contributed by atoms with Gasteiger partial charge in [-0.2, -0.15) is 0 Å². The van der Waals surface area contributed by atoms with Crippen LogP contribution in [0.15, 0.2) is 11.6 Å². The molecule has 0 aromatic carbocycles. The van der Waals surface area contributed by atoms with Crippen LogP contribution in [-0.2, 0) is 4.74 Å². The van der Waals surface area contributed by atoms with E-state index in [0.29, 0.717) is 16.9 Å². The monoisotopic (exact) mass is 443 g/mol. The molecule has 0 heterocycles. The van der Waals surface area contributed by atoms with Crippen molar-refractivity contribution in [3.8, 4) is 0 Å². The molecule has 0 aliphatic heterocycles. The lowest BCUT2D eigenvalue weighted by atomic mass is 9.47. The topological polar surface area (TPSA) is 35.2 Å². The Hall–Kier alpha value is -0.340. The van der Waals surface area contributed by atoms with Crippen molar-refractivity contribution in [1.82, 2.24) is 0 Å². The van der Waals surface area contributed by atoms with E-state index in [2.05, 4.69) is 40.7 Å². The van der Waals surface area contributed by atoms with Gasteiger partial charge in [0.25, 0.3) is 0 Å². The molecule has 0 radical (unpaired) electrons. The minimum atomic E-state index is 0.439. The molecule has 8 atom stereocenters. The fourth-order valence-corrected chi connectivity index (χ4v) is 9.13. The highest BCUT2D eigenvalue weighted by Gasteiger charge is 2.59. The van der Waals surface area contributed by atoms with Gasteiger partial charge in [-0.05, 0) is 111 Å².